The molecule has 0 aliphatic carbocycles. The number of aromatic nitrogens is 1. The van der Waals surface area contributed by atoms with Gasteiger partial charge >= 0.3 is 0 Å². The number of rotatable bonds is 4. The van der Waals surface area contributed by atoms with E-state index in [1.807, 2.05) is 6.07 Å². The predicted molar refractivity (Wildman–Crippen MR) is 72.8 cm³/mol. The number of amides is 1. The molecule has 0 aliphatic heterocycles. The number of nitriles is 1. The molecule has 0 aromatic carbocycles. The molecule has 0 unspecified atom stereocenters. The van der Waals surface area contributed by atoms with Crippen molar-refractivity contribution in [2.24, 2.45) is 0 Å². The van der Waals surface area contributed by atoms with E-state index >= 15 is 0 Å². The Hall–Kier alpha value is -1.50. The van der Waals surface area contributed by atoms with Crippen molar-refractivity contribution < 1.29 is 13.2 Å². The van der Waals surface area contributed by atoms with E-state index in [1.54, 1.807) is 0 Å². The van der Waals surface area contributed by atoms with Crippen LogP contribution in [0.4, 0.5) is 5.82 Å². The standard InChI is InChI=1S/C10H11BrN4O3S/c1-15(19(2,17)18)6-10(16)14-9-4-7(5-12)3-8(11)13-9/h3-4H,6H2,1-2H3,(H,13,14,16). The summed E-state index contributed by atoms with van der Waals surface area (Å²) in [7, 11) is -2.13. The maximum atomic E-state index is 11.6. The van der Waals surface area contributed by atoms with Crippen molar-refractivity contribution in [3.63, 3.8) is 0 Å². The highest BCUT2D eigenvalue weighted by Gasteiger charge is 2.15. The van der Waals surface area contributed by atoms with E-state index in [-0.39, 0.29) is 12.4 Å². The maximum Gasteiger partial charge on any atom is 0.240 e. The number of carbonyl (C=O) groups excluding carboxylic acids is 1. The molecule has 1 aromatic rings. The van der Waals surface area contributed by atoms with Crippen LogP contribution in [0.15, 0.2) is 16.7 Å². The van der Waals surface area contributed by atoms with Gasteiger partial charge in [-0.25, -0.2) is 13.4 Å². The zero-order chi connectivity index (χ0) is 14.6. The van der Waals surface area contributed by atoms with E-state index in [2.05, 4.69) is 26.2 Å². The Morgan fingerprint density at radius 3 is 2.74 bits per heavy atom. The molecule has 1 N–H and O–H groups in total. The Morgan fingerprint density at radius 2 is 2.21 bits per heavy atom. The summed E-state index contributed by atoms with van der Waals surface area (Å²) in [4.78, 5) is 15.6. The summed E-state index contributed by atoms with van der Waals surface area (Å²) in [5.41, 5.74) is 0.327. The van der Waals surface area contributed by atoms with E-state index in [0.717, 1.165) is 10.6 Å². The average molecular weight is 347 g/mol. The number of nitrogens with zero attached hydrogens (tertiary/aromatic N) is 3. The normalized spacial score (nSPS) is 11.1. The topological polar surface area (TPSA) is 103 Å². The van der Waals surface area contributed by atoms with E-state index in [4.69, 9.17) is 5.26 Å². The minimum Gasteiger partial charge on any atom is -0.309 e. The Morgan fingerprint density at radius 1 is 1.58 bits per heavy atom. The minimum absolute atomic E-state index is 0.179. The predicted octanol–water partition coefficient (Wildman–Crippen LogP) is 0.546. The second-order valence-electron chi connectivity index (χ2n) is 3.74. The fourth-order valence-electron chi connectivity index (χ4n) is 1.13. The van der Waals surface area contributed by atoms with Crippen LogP contribution < -0.4 is 5.32 Å². The monoisotopic (exact) mass is 346 g/mol. The number of pyridine rings is 1. The highest BCUT2D eigenvalue weighted by molar-refractivity contribution is 9.10. The first-order valence-corrected chi connectivity index (χ1v) is 7.65. The van der Waals surface area contributed by atoms with Crippen LogP contribution in [0.2, 0.25) is 0 Å². The quantitative estimate of drug-likeness (QED) is 0.801. The smallest absolute Gasteiger partial charge is 0.240 e. The van der Waals surface area contributed by atoms with Crippen LogP contribution in [0.1, 0.15) is 5.56 Å². The number of nitrogens with one attached hydrogen (secondary N) is 1. The van der Waals surface area contributed by atoms with Gasteiger partial charge in [-0.2, -0.15) is 9.57 Å². The van der Waals surface area contributed by atoms with E-state index in [1.165, 1.54) is 19.2 Å². The summed E-state index contributed by atoms with van der Waals surface area (Å²) >= 11 is 3.11. The molecule has 0 bridgehead atoms. The molecule has 0 spiro atoms. The molecule has 0 aliphatic rings. The summed E-state index contributed by atoms with van der Waals surface area (Å²) < 4.78 is 23.6. The molecule has 1 rings (SSSR count). The fraction of sp³-hybridized carbons (Fsp3) is 0.300. The molecule has 1 aromatic heterocycles. The number of anilines is 1. The van der Waals surface area contributed by atoms with Gasteiger partial charge in [0.05, 0.1) is 24.4 Å². The molecule has 102 valence electrons. The van der Waals surface area contributed by atoms with Gasteiger partial charge in [-0.1, -0.05) is 0 Å². The number of sulfonamides is 1. The first-order valence-electron chi connectivity index (χ1n) is 5.01. The molecule has 0 atom stereocenters. The van der Waals surface area contributed by atoms with Crippen LogP contribution in [0, 0.1) is 11.3 Å². The van der Waals surface area contributed by atoms with Gasteiger partial charge in [-0.05, 0) is 28.1 Å². The third-order valence-corrected chi connectivity index (χ3v) is 3.79. The number of halogens is 1. The molecule has 19 heavy (non-hydrogen) atoms. The van der Waals surface area contributed by atoms with Gasteiger partial charge < -0.3 is 5.32 Å². The van der Waals surface area contributed by atoms with Crippen LogP contribution in [0.3, 0.4) is 0 Å². The molecule has 0 radical (unpaired) electrons. The van der Waals surface area contributed by atoms with Gasteiger partial charge in [0, 0.05) is 7.05 Å². The molecule has 7 nitrogen and oxygen atoms in total. The number of hydrogen-bond donors (Lipinski definition) is 1. The second kappa shape index (κ2) is 6.10. The first kappa shape index (κ1) is 15.6. The van der Waals surface area contributed by atoms with E-state index < -0.39 is 15.9 Å². The zero-order valence-corrected chi connectivity index (χ0v) is 12.6. The summed E-state index contributed by atoms with van der Waals surface area (Å²) in [5.74, 6) is -0.361. The second-order valence-corrected chi connectivity index (χ2v) is 6.64. The van der Waals surface area contributed by atoms with Crippen molar-refractivity contribution in [1.29, 1.82) is 5.26 Å². The lowest BCUT2D eigenvalue weighted by Gasteiger charge is -2.13. The Kier molecular flexibility index (Phi) is 4.99. The van der Waals surface area contributed by atoms with Crippen LogP contribution in [0.25, 0.3) is 0 Å². The Labute approximate surface area is 119 Å². The maximum absolute atomic E-state index is 11.6. The lowest BCUT2D eigenvalue weighted by atomic mass is 10.3. The van der Waals surface area contributed by atoms with Gasteiger partial charge in [0.15, 0.2) is 0 Å². The van der Waals surface area contributed by atoms with Crippen LogP contribution in [-0.4, -0.2) is 43.5 Å². The number of likely N-dealkylation sites (N-methyl/N-ethyl adjacent to an activating group) is 1. The van der Waals surface area contributed by atoms with E-state index in [0.29, 0.717) is 10.2 Å². The molecule has 9 heteroatoms. The lowest BCUT2D eigenvalue weighted by molar-refractivity contribution is -0.116. The highest BCUT2D eigenvalue weighted by Crippen LogP contribution is 2.14. The highest BCUT2D eigenvalue weighted by atomic mass is 79.9. The van der Waals surface area contributed by atoms with Crippen LogP contribution >= 0.6 is 15.9 Å². The molecular weight excluding hydrogens is 336 g/mol. The first-order chi connectivity index (χ1) is 8.72. The molecule has 0 saturated carbocycles. The lowest BCUT2D eigenvalue weighted by Crippen LogP contribution is -2.34. The molecule has 0 fully saturated rings. The zero-order valence-electron chi connectivity index (χ0n) is 10.2. The van der Waals surface area contributed by atoms with Gasteiger partial charge in [-0.3, -0.25) is 4.79 Å². The van der Waals surface area contributed by atoms with Gasteiger partial charge in [-0.15, -0.1) is 0 Å². The summed E-state index contributed by atoms with van der Waals surface area (Å²) in [6, 6.07) is 4.81. The molecule has 0 saturated heterocycles. The number of carbonyl (C=O) groups is 1. The van der Waals surface area contributed by atoms with Crippen molar-refractivity contribution in [3.05, 3.63) is 22.3 Å². The van der Waals surface area contributed by atoms with Gasteiger partial charge in [0.2, 0.25) is 15.9 Å². The van der Waals surface area contributed by atoms with Crippen LogP contribution in [0.5, 0.6) is 0 Å². The van der Waals surface area contributed by atoms with Gasteiger partial charge in [0.25, 0.3) is 0 Å². The van der Waals surface area contributed by atoms with Crippen molar-refractivity contribution in [2.75, 3.05) is 25.2 Å². The Balaban J connectivity index is 2.78. The van der Waals surface area contributed by atoms with Crippen molar-refractivity contribution in [2.45, 2.75) is 0 Å². The summed E-state index contributed by atoms with van der Waals surface area (Å²) in [6.07, 6.45) is 1.01. The van der Waals surface area contributed by atoms with Crippen molar-refractivity contribution >= 4 is 37.7 Å². The average Bonchev–Trinajstić information content (AvgIpc) is 2.26. The SMILES string of the molecule is CN(CC(=O)Nc1cc(C#N)cc(Br)n1)S(C)(=O)=O. The fourth-order valence-corrected chi connectivity index (χ4v) is 1.92. The summed E-state index contributed by atoms with van der Waals surface area (Å²) in [5, 5.41) is 11.2. The minimum atomic E-state index is -3.42. The molecular formula is C10H11BrN4O3S. The third kappa shape index (κ3) is 4.94. The largest absolute Gasteiger partial charge is 0.309 e. The van der Waals surface area contributed by atoms with Crippen molar-refractivity contribution in [3.8, 4) is 6.07 Å². The van der Waals surface area contributed by atoms with Crippen LogP contribution in [-0.2, 0) is 14.8 Å². The Bertz CT molecular complexity index is 639. The van der Waals surface area contributed by atoms with Gasteiger partial charge in [0.1, 0.15) is 10.4 Å². The van der Waals surface area contributed by atoms with E-state index in [9.17, 15) is 13.2 Å². The third-order valence-electron chi connectivity index (χ3n) is 2.12. The van der Waals surface area contributed by atoms with Crippen molar-refractivity contribution in [1.82, 2.24) is 9.29 Å². The molecule has 1 amide bonds. The summed E-state index contributed by atoms with van der Waals surface area (Å²) in [6.45, 7) is -0.324. The number of hydrogen-bond acceptors (Lipinski definition) is 5. The molecule has 1 heterocycles.